The molecule has 4 heterocycles. The first-order chi connectivity index (χ1) is 33.0. The van der Waals surface area contributed by atoms with Gasteiger partial charge in [-0.1, -0.05) is 6.92 Å². The molecule has 2 N–H and O–H groups in total. The van der Waals surface area contributed by atoms with Gasteiger partial charge in [0.15, 0.2) is 18.3 Å². The number of aromatic amines is 1. The summed E-state index contributed by atoms with van der Waals surface area (Å²) in [4.78, 5) is 88.5. The maximum atomic E-state index is 13.3. The summed E-state index contributed by atoms with van der Waals surface area (Å²) in [5, 5.41) is 5.28. The zero-order chi connectivity index (χ0) is 51.9. The molecule has 0 radical (unpaired) electrons. The Labute approximate surface area is 416 Å². The van der Waals surface area contributed by atoms with Crippen LogP contribution in [0.3, 0.4) is 0 Å². The minimum Gasteiger partial charge on any atom is -0.466 e. The molecule has 1 aromatic heterocycles. The van der Waals surface area contributed by atoms with Crippen molar-refractivity contribution in [3.63, 3.8) is 0 Å². The summed E-state index contributed by atoms with van der Waals surface area (Å²) in [6.07, 6.45) is 2.60. The minimum atomic E-state index is -1.23. The summed E-state index contributed by atoms with van der Waals surface area (Å²) in [7, 11) is 1.78. The quantitative estimate of drug-likeness (QED) is 0.0652. The molecular formula is C51H75N5O13S. The predicted molar refractivity (Wildman–Crippen MR) is 267 cm³/mol. The number of thioether (sulfide) groups is 1. The number of amides is 1. The van der Waals surface area contributed by atoms with Gasteiger partial charge in [0, 0.05) is 114 Å². The van der Waals surface area contributed by atoms with E-state index in [0.29, 0.717) is 51.1 Å². The van der Waals surface area contributed by atoms with E-state index in [-0.39, 0.29) is 36.9 Å². The molecule has 1 saturated heterocycles. The summed E-state index contributed by atoms with van der Waals surface area (Å²) >= 11 is 1.30. The second-order valence-corrected chi connectivity index (χ2v) is 19.6. The van der Waals surface area contributed by atoms with Crippen LogP contribution >= 0.6 is 11.8 Å². The van der Waals surface area contributed by atoms with Gasteiger partial charge in [0.05, 0.1) is 12.3 Å². The lowest BCUT2D eigenvalue weighted by Gasteiger charge is -2.44. The molecule has 0 aliphatic carbocycles. The number of allylic oxidation sites excluding steroid dienone is 2. The third kappa shape index (κ3) is 16.7. The summed E-state index contributed by atoms with van der Waals surface area (Å²) in [5.41, 5.74) is 5.36. The first kappa shape index (κ1) is 57.3. The maximum absolute atomic E-state index is 13.3. The highest BCUT2D eigenvalue weighted by atomic mass is 32.2. The number of aromatic nitrogens is 1. The molecule has 0 spiro atoms. The molecule has 3 aliphatic rings. The third-order valence-electron chi connectivity index (χ3n) is 12.3. The van der Waals surface area contributed by atoms with E-state index in [4.69, 9.17) is 43.1 Å². The van der Waals surface area contributed by atoms with Crippen molar-refractivity contribution in [3.05, 3.63) is 45.4 Å². The van der Waals surface area contributed by atoms with E-state index < -0.39 is 59.3 Å². The lowest BCUT2D eigenvalue weighted by atomic mass is 9.84. The van der Waals surface area contributed by atoms with Crippen molar-refractivity contribution in [2.75, 3.05) is 52.3 Å². The molecule has 1 fully saturated rings. The van der Waals surface area contributed by atoms with Gasteiger partial charge in [0.2, 0.25) is 5.91 Å². The van der Waals surface area contributed by atoms with E-state index in [0.717, 1.165) is 57.6 Å². The monoisotopic (exact) mass is 998 g/mol. The molecule has 0 aromatic carbocycles. The number of aliphatic imine (C=N–C) groups is 2. The molecular weight excluding hydrogens is 923 g/mol. The first-order valence-electron chi connectivity index (χ1n) is 24.1. The highest BCUT2D eigenvalue weighted by molar-refractivity contribution is 7.99. The van der Waals surface area contributed by atoms with Gasteiger partial charge in [-0.3, -0.25) is 38.8 Å². The normalized spacial score (nSPS) is 23.9. The highest BCUT2D eigenvalue weighted by Crippen LogP contribution is 2.38. The molecule has 1 amide bonds. The average Bonchev–Trinajstić information content (AvgIpc) is 3.96. The van der Waals surface area contributed by atoms with Crippen molar-refractivity contribution >= 4 is 70.6 Å². The number of nitrogens with zero attached hydrogens (tertiary/aromatic N) is 3. The van der Waals surface area contributed by atoms with Crippen molar-refractivity contribution in [3.8, 4) is 0 Å². The van der Waals surface area contributed by atoms with Crippen LogP contribution in [0.4, 0.5) is 0 Å². The Kier molecular flexibility index (Phi) is 21.9. The zero-order valence-electron chi connectivity index (χ0n) is 43.3. The van der Waals surface area contributed by atoms with Crippen LogP contribution in [0.25, 0.3) is 11.6 Å². The molecule has 388 valence electrons. The van der Waals surface area contributed by atoms with Crippen LogP contribution in [-0.4, -0.2) is 145 Å². The van der Waals surface area contributed by atoms with Gasteiger partial charge in [0.25, 0.3) is 0 Å². The molecule has 3 aliphatic heterocycles. The van der Waals surface area contributed by atoms with Crippen LogP contribution in [0, 0.1) is 18.8 Å². The Balaban J connectivity index is 1.54. The molecule has 7 atom stereocenters. The highest BCUT2D eigenvalue weighted by Gasteiger charge is 2.52. The van der Waals surface area contributed by atoms with Gasteiger partial charge >= 0.3 is 29.8 Å². The smallest absolute Gasteiger partial charge is 0.303 e. The summed E-state index contributed by atoms with van der Waals surface area (Å²) < 4.78 is 39.7. The van der Waals surface area contributed by atoms with E-state index >= 15 is 0 Å². The van der Waals surface area contributed by atoms with Crippen LogP contribution < -0.4 is 16.0 Å². The second kappa shape index (κ2) is 26.8. The van der Waals surface area contributed by atoms with Crippen molar-refractivity contribution in [1.29, 1.82) is 0 Å². The Morgan fingerprint density at radius 1 is 0.914 bits per heavy atom. The number of esters is 5. The maximum Gasteiger partial charge on any atom is 0.303 e. The third-order valence-corrected chi connectivity index (χ3v) is 13.6. The van der Waals surface area contributed by atoms with Crippen LogP contribution in [0.1, 0.15) is 114 Å². The van der Waals surface area contributed by atoms with Crippen LogP contribution in [-0.2, 0) is 61.9 Å². The van der Waals surface area contributed by atoms with Gasteiger partial charge in [0.1, 0.15) is 23.7 Å². The zero-order valence-corrected chi connectivity index (χ0v) is 44.1. The molecule has 0 bridgehead atoms. The number of carbonyl (C=O) groups is 6. The minimum absolute atomic E-state index is 0.00179. The molecule has 0 unspecified atom stereocenters. The Hall–Kier alpha value is -5.27. The summed E-state index contributed by atoms with van der Waals surface area (Å²) in [6.45, 7) is 22.7. The number of hydrogen-bond acceptors (Lipinski definition) is 17. The Morgan fingerprint density at radius 2 is 1.57 bits per heavy atom. The Bertz CT molecular complexity index is 2320. The fourth-order valence-corrected chi connectivity index (χ4v) is 9.69. The fourth-order valence-electron chi connectivity index (χ4n) is 8.55. The van der Waals surface area contributed by atoms with Crippen LogP contribution in [0.2, 0.25) is 0 Å². The van der Waals surface area contributed by atoms with E-state index in [1.165, 1.54) is 52.0 Å². The molecule has 4 rings (SSSR count). The van der Waals surface area contributed by atoms with E-state index in [2.05, 4.69) is 43.2 Å². The number of carbonyl (C=O) groups excluding carboxylic acids is 6. The van der Waals surface area contributed by atoms with Gasteiger partial charge in [-0.2, -0.15) is 0 Å². The molecule has 19 heteroatoms. The van der Waals surface area contributed by atoms with Crippen LogP contribution in [0.15, 0.2) is 39.1 Å². The van der Waals surface area contributed by atoms with Gasteiger partial charge in [-0.15, -0.1) is 11.8 Å². The molecule has 18 nitrogen and oxygen atoms in total. The van der Waals surface area contributed by atoms with Crippen LogP contribution in [0.5, 0.6) is 0 Å². The number of rotatable bonds is 23. The number of hydrogen-bond donors (Lipinski definition) is 2. The lowest BCUT2D eigenvalue weighted by Crippen LogP contribution is -2.61. The van der Waals surface area contributed by atoms with Crippen molar-refractivity contribution < 1.29 is 61.9 Å². The fraction of sp³-hybridized carbons (Fsp3) is 0.647. The van der Waals surface area contributed by atoms with Crippen molar-refractivity contribution in [2.24, 2.45) is 21.8 Å². The van der Waals surface area contributed by atoms with Crippen molar-refractivity contribution in [1.82, 2.24) is 15.2 Å². The average molecular weight is 998 g/mol. The van der Waals surface area contributed by atoms with Gasteiger partial charge in [-0.05, 0) is 108 Å². The molecule has 0 saturated carbocycles. The number of aryl methyl sites for hydroxylation is 1. The van der Waals surface area contributed by atoms with Gasteiger partial charge < -0.3 is 48.4 Å². The van der Waals surface area contributed by atoms with Crippen molar-refractivity contribution in [2.45, 2.75) is 151 Å². The summed E-state index contributed by atoms with van der Waals surface area (Å²) in [5.74, 6) is -2.41. The first-order valence-corrected chi connectivity index (χ1v) is 25.2. The standard InChI is InChI=1S/C51H75N5O13S/c1-14-52-44(51(11,12)65-23-16-24-70-50-49(68-37(10)61)48(67-36(9)60)47(66-35(8)59)43(69-50)28-64-34(7)58)27-40-30(3)25-41(54-40)32(5)46-38(17-18-45(62)56(13)21-15-22-63-33(6)57)31(4)42(55-46)26-39-29(2)19-20-53-39/h25-27,31,38,43,47-50,53-54H,14-24,28H2,1-13H3/b40-27-,41-32-,42-26-,52-44-/t31-,38-,43+,47+,48-,49+,50-/m0/s1. The molecule has 70 heavy (non-hydrogen) atoms. The predicted octanol–water partition coefficient (Wildman–Crippen LogP) is 4.79. The SMILES string of the molecule is CC/N=C(/C=c1\[nH]/c(=C(/C)C2=N/C(=C\C3=C(C)CCN3)[C@@H](C)[C@@H]2CCC(=O)N(C)CCCOC(C)=O)cc1C)C(C)(C)OCCCS[C@@H]1O[C@H](COC(C)=O)[C@@H](OC(C)=O)[C@H](OC(C)=O)[C@H]1OC(C)=O. The number of ether oxygens (including phenoxy) is 7. The van der Waals surface area contributed by atoms with E-state index in [9.17, 15) is 28.8 Å². The van der Waals surface area contributed by atoms with Gasteiger partial charge in [-0.25, -0.2) is 0 Å². The summed E-state index contributed by atoms with van der Waals surface area (Å²) in [6, 6.07) is 2.11. The second-order valence-electron chi connectivity index (χ2n) is 18.4. The topological polar surface area (TPSA) is 223 Å². The van der Waals surface area contributed by atoms with E-state index in [1.807, 2.05) is 33.8 Å². The largest absolute Gasteiger partial charge is 0.466 e. The number of H-pyrrole nitrogens is 1. The number of nitrogens with one attached hydrogen (secondary N) is 2. The Morgan fingerprint density at radius 3 is 2.19 bits per heavy atom. The lowest BCUT2D eigenvalue weighted by molar-refractivity contribution is -0.237. The van der Waals surface area contributed by atoms with E-state index in [1.54, 1.807) is 11.9 Å². The molecule has 1 aromatic rings.